The minimum atomic E-state index is -0.168. The molecule has 1 saturated heterocycles. The standard InChI is InChI=1S/C10H19N3O2S/c1-12(2)9(14)3-4-13-5-6-15-8(7-13)10(11)16/h8H,3-7H2,1-2H3,(H2,11,16). The first-order valence-electron chi connectivity index (χ1n) is 5.34. The molecule has 1 rings (SSSR count). The first kappa shape index (κ1) is 13.3. The van der Waals surface area contributed by atoms with E-state index >= 15 is 0 Å². The average molecular weight is 245 g/mol. The van der Waals surface area contributed by atoms with Crippen molar-refractivity contribution in [2.24, 2.45) is 5.73 Å². The van der Waals surface area contributed by atoms with E-state index in [0.29, 0.717) is 24.6 Å². The monoisotopic (exact) mass is 245 g/mol. The molecule has 0 aromatic heterocycles. The van der Waals surface area contributed by atoms with E-state index in [1.54, 1.807) is 19.0 Å². The van der Waals surface area contributed by atoms with E-state index in [-0.39, 0.29) is 12.0 Å². The third kappa shape index (κ3) is 4.03. The molecule has 0 aliphatic carbocycles. The summed E-state index contributed by atoms with van der Waals surface area (Å²) in [4.78, 5) is 15.6. The van der Waals surface area contributed by atoms with E-state index in [0.717, 1.165) is 13.1 Å². The summed E-state index contributed by atoms with van der Waals surface area (Å²) in [6.45, 7) is 2.88. The van der Waals surface area contributed by atoms with Crippen molar-refractivity contribution in [3.63, 3.8) is 0 Å². The summed E-state index contributed by atoms with van der Waals surface area (Å²) in [5.74, 6) is 0.137. The summed E-state index contributed by atoms with van der Waals surface area (Å²) in [5.41, 5.74) is 5.54. The molecule has 0 saturated carbocycles. The first-order valence-corrected chi connectivity index (χ1v) is 5.75. The minimum absolute atomic E-state index is 0.137. The second-order valence-corrected chi connectivity index (χ2v) is 4.57. The van der Waals surface area contributed by atoms with E-state index in [1.165, 1.54) is 0 Å². The lowest BCUT2D eigenvalue weighted by Gasteiger charge is -2.32. The van der Waals surface area contributed by atoms with Gasteiger partial charge < -0.3 is 15.4 Å². The summed E-state index contributed by atoms with van der Waals surface area (Å²) < 4.78 is 5.42. The minimum Gasteiger partial charge on any atom is -0.391 e. The molecular formula is C10H19N3O2S. The molecule has 16 heavy (non-hydrogen) atoms. The Hall–Kier alpha value is -0.720. The molecule has 0 aromatic rings. The second kappa shape index (κ2) is 6.12. The zero-order valence-corrected chi connectivity index (χ0v) is 10.6. The normalized spacial score (nSPS) is 21.8. The van der Waals surface area contributed by atoms with Gasteiger partial charge in [0.1, 0.15) is 11.1 Å². The van der Waals surface area contributed by atoms with Gasteiger partial charge in [-0.25, -0.2) is 0 Å². The van der Waals surface area contributed by atoms with Gasteiger partial charge in [-0.3, -0.25) is 9.69 Å². The lowest BCUT2D eigenvalue weighted by atomic mass is 10.2. The molecule has 1 amide bonds. The van der Waals surface area contributed by atoms with Gasteiger partial charge in [0.2, 0.25) is 5.91 Å². The number of morpholine rings is 1. The zero-order valence-electron chi connectivity index (χ0n) is 9.81. The van der Waals surface area contributed by atoms with Crippen LogP contribution in [0.3, 0.4) is 0 Å². The van der Waals surface area contributed by atoms with Crippen LogP contribution in [0.4, 0.5) is 0 Å². The van der Waals surface area contributed by atoms with Gasteiger partial charge in [-0.2, -0.15) is 0 Å². The zero-order chi connectivity index (χ0) is 12.1. The third-order valence-electron chi connectivity index (χ3n) is 2.61. The molecular weight excluding hydrogens is 226 g/mol. The number of rotatable bonds is 4. The Labute approximate surface area is 102 Å². The van der Waals surface area contributed by atoms with Crippen molar-refractivity contribution in [2.75, 3.05) is 40.3 Å². The predicted octanol–water partition coefficient (Wildman–Crippen LogP) is -0.548. The number of hydrogen-bond donors (Lipinski definition) is 1. The van der Waals surface area contributed by atoms with Crippen molar-refractivity contribution >= 4 is 23.1 Å². The van der Waals surface area contributed by atoms with Crippen molar-refractivity contribution in [1.82, 2.24) is 9.80 Å². The number of nitrogens with two attached hydrogens (primary N) is 1. The highest BCUT2D eigenvalue weighted by Crippen LogP contribution is 2.06. The number of hydrogen-bond acceptors (Lipinski definition) is 4. The summed E-state index contributed by atoms with van der Waals surface area (Å²) >= 11 is 4.90. The molecule has 6 heteroatoms. The summed E-state index contributed by atoms with van der Waals surface area (Å²) in [7, 11) is 3.53. The van der Waals surface area contributed by atoms with Crippen LogP contribution in [0, 0.1) is 0 Å². The first-order chi connectivity index (χ1) is 7.50. The van der Waals surface area contributed by atoms with Crippen molar-refractivity contribution in [3.05, 3.63) is 0 Å². The van der Waals surface area contributed by atoms with Crippen LogP contribution in [0.2, 0.25) is 0 Å². The van der Waals surface area contributed by atoms with E-state index in [1.807, 2.05) is 0 Å². The Bertz CT molecular complexity index is 271. The molecule has 0 spiro atoms. The molecule has 1 fully saturated rings. The Morgan fingerprint density at radius 1 is 1.62 bits per heavy atom. The van der Waals surface area contributed by atoms with Crippen LogP contribution in [0.1, 0.15) is 6.42 Å². The molecule has 5 nitrogen and oxygen atoms in total. The number of thiocarbonyl (C=S) groups is 1. The molecule has 0 bridgehead atoms. The number of ether oxygens (including phenoxy) is 1. The van der Waals surface area contributed by atoms with E-state index in [4.69, 9.17) is 22.7 Å². The van der Waals surface area contributed by atoms with Gasteiger partial charge in [0.15, 0.2) is 0 Å². The predicted molar refractivity (Wildman–Crippen MR) is 66.3 cm³/mol. The molecule has 92 valence electrons. The van der Waals surface area contributed by atoms with Crippen molar-refractivity contribution in [3.8, 4) is 0 Å². The fraction of sp³-hybridized carbons (Fsp3) is 0.800. The molecule has 1 atom stereocenters. The Morgan fingerprint density at radius 2 is 2.31 bits per heavy atom. The SMILES string of the molecule is CN(C)C(=O)CCN1CCOC(C(N)=S)C1. The third-order valence-corrected chi connectivity index (χ3v) is 2.87. The van der Waals surface area contributed by atoms with Crippen LogP contribution in [0.25, 0.3) is 0 Å². The molecule has 0 aromatic carbocycles. The van der Waals surface area contributed by atoms with Crippen LogP contribution in [-0.4, -0.2) is 67.1 Å². The highest BCUT2D eigenvalue weighted by Gasteiger charge is 2.22. The molecule has 0 radical (unpaired) electrons. The van der Waals surface area contributed by atoms with Crippen molar-refractivity contribution in [2.45, 2.75) is 12.5 Å². The van der Waals surface area contributed by atoms with E-state index in [2.05, 4.69) is 4.90 Å². The van der Waals surface area contributed by atoms with Gasteiger partial charge in [-0.1, -0.05) is 12.2 Å². The van der Waals surface area contributed by atoms with Crippen LogP contribution in [0.15, 0.2) is 0 Å². The quantitative estimate of drug-likeness (QED) is 0.674. The molecule has 1 aliphatic heterocycles. The van der Waals surface area contributed by atoms with Crippen LogP contribution in [-0.2, 0) is 9.53 Å². The number of nitrogens with zero attached hydrogens (tertiary/aromatic N) is 2. The maximum Gasteiger partial charge on any atom is 0.223 e. The van der Waals surface area contributed by atoms with Gasteiger partial charge in [-0.15, -0.1) is 0 Å². The van der Waals surface area contributed by atoms with Crippen molar-refractivity contribution in [1.29, 1.82) is 0 Å². The molecule has 1 unspecified atom stereocenters. The van der Waals surface area contributed by atoms with Crippen molar-refractivity contribution < 1.29 is 9.53 Å². The van der Waals surface area contributed by atoms with Crippen LogP contribution < -0.4 is 5.73 Å². The Balaban J connectivity index is 2.32. The molecule has 1 heterocycles. The van der Waals surface area contributed by atoms with E-state index < -0.39 is 0 Å². The lowest BCUT2D eigenvalue weighted by molar-refractivity contribution is -0.129. The molecule has 1 aliphatic rings. The number of carbonyl (C=O) groups excluding carboxylic acids is 1. The molecule has 2 N–H and O–H groups in total. The summed E-state index contributed by atoms with van der Waals surface area (Å²) in [5, 5.41) is 0. The van der Waals surface area contributed by atoms with Gasteiger partial charge >= 0.3 is 0 Å². The van der Waals surface area contributed by atoms with Crippen LogP contribution in [0.5, 0.6) is 0 Å². The fourth-order valence-corrected chi connectivity index (χ4v) is 1.70. The maximum absolute atomic E-state index is 11.4. The highest BCUT2D eigenvalue weighted by atomic mass is 32.1. The second-order valence-electron chi connectivity index (χ2n) is 4.10. The van der Waals surface area contributed by atoms with Gasteiger partial charge in [0.05, 0.1) is 6.61 Å². The number of amides is 1. The van der Waals surface area contributed by atoms with Crippen LogP contribution >= 0.6 is 12.2 Å². The summed E-state index contributed by atoms with van der Waals surface area (Å²) in [6.07, 6.45) is 0.357. The largest absolute Gasteiger partial charge is 0.391 e. The summed E-state index contributed by atoms with van der Waals surface area (Å²) in [6, 6.07) is 0. The average Bonchev–Trinajstić information content (AvgIpc) is 2.26. The maximum atomic E-state index is 11.4. The fourth-order valence-electron chi connectivity index (χ4n) is 1.56. The van der Waals surface area contributed by atoms with Gasteiger partial charge in [0.25, 0.3) is 0 Å². The number of carbonyl (C=O) groups is 1. The van der Waals surface area contributed by atoms with Gasteiger partial charge in [-0.05, 0) is 0 Å². The highest BCUT2D eigenvalue weighted by molar-refractivity contribution is 7.80. The smallest absolute Gasteiger partial charge is 0.223 e. The lowest BCUT2D eigenvalue weighted by Crippen LogP contribution is -2.48. The van der Waals surface area contributed by atoms with Gasteiger partial charge in [0, 0.05) is 40.2 Å². The Morgan fingerprint density at radius 3 is 2.88 bits per heavy atom. The van der Waals surface area contributed by atoms with E-state index in [9.17, 15) is 4.79 Å². The Kier molecular flexibility index (Phi) is 5.11. The topological polar surface area (TPSA) is 58.8 Å².